The van der Waals surface area contributed by atoms with Gasteiger partial charge < -0.3 is 5.32 Å². The number of hydrogen-bond acceptors (Lipinski definition) is 5. The summed E-state index contributed by atoms with van der Waals surface area (Å²) in [6.45, 7) is 2.10. The van der Waals surface area contributed by atoms with Crippen LogP contribution in [-0.2, 0) is 10.0 Å². The largest absolute Gasteiger partial charge is 0.370 e. The van der Waals surface area contributed by atoms with Crippen LogP contribution in [0.25, 0.3) is 0 Å². The standard InChI is InChI=1S/C13H21N3O2S2/c1-19-10-4-7-14-13-6-5-12(11-15-13)20(17,18)16-8-2-3-9-16/h5-6,11H,2-4,7-10H2,1H3,(H,14,15). The van der Waals surface area contributed by atoms with Gasteiger partial charge in [-0.1, -0.05) is 0 Å². The number of hydrogen-bond donors (Lipinski definition) is 1. The van der Waals surface area contributed by atoms with Crippen LogP contribution in [0.5, 0.6) is 0 Å². The second-order valence-corrected chi connectivity index (χ2v) is 7.69. The van der Waals surface area contributed by atoms with E-state index in [-0.39, 0.29) is 4.90 Å². The van der Waals surface area contributed by atoms with E-state index in [9.17, 15) is 8.42 Å². The summed E-state index contributed by atoms with van der Waals surface area (Å²) in [6, 6.07) is 3.37. The number of rotatable bonds is 7. The molecule has 0 atom stereocenters. The van der Waals surface area contributed by atoms with Crippen molar-refractivity contribution in [2.45, 2.75) is 24.2 Å². The number of anilines is 1. The van der Waals surface area contributed by atoms with E-state index >= 15 is 0 Å². The average molecular weight is 315 g/mol. The molecular weight excluding hydrogens is 294 g/mol. The Kier molecular flexibility index (Phi) is 5.68. The Labute approximate surface area is 125 Å². The molecule has 0 radical (unpaired) electrons. The molecule has 2 rings (SSSR count). The van der Waals surface area contributed by atoms with Crippen LogP contribution in [-0.4, -0.2) is 49.3 Å². The SMILES string of the molecule is CSCCCNc1ccc(S(=O)(=O)N2CCCC2)cn1. The first-order valence-corrected chi connectivity index (χ1v) is 9.67. The molecule has 0 spiro atoms. The molecule has 1 saturated heterocycles. The lowest BCUT2D eigenvalue weighted by Crippen LogP contribution is -2.27. The second-order valence-electron chi connectivity index (χ2n) is 4.76. The summed E-state index contributed by atoms with van der Waals surface area (Å²) in [5.41, 5.74) is 0. The number of pyridine rings is 1. The number of nitrogens with one attached hydrogen (secondary N) is 1. The van der Waals surface area contributed by atoms with Crippen LogP contribution in [0.3, 0.4) is 0 Å². The second kappa shape index (κ2) is 7.28. The van der Waals surface area contributed by atoms with Gasteiger partial charge >= 0.3 is 0 Å². The highest BCUT2D eigenvalue weighted by Crippen LogP contribution is 2.20. The lowest BCUT2D eigenvalue weighted by molar-refractivity contribution is 0.477. The molecule has 1 aliphatic rings. The van der Waals surface area contributed by atoms with Crippen LogP contribution in [0.15, 0.2) is 23.2 Å². The summed E-state index contributed by atoms with van der Waals surface area (Å²) in [6.07, 6.45) is 6.49. The van der Waals surface area contributed by atoms with Gasteiger partial charge in [0.15, 0.2) is 0 Å². The fourth-order valence-corrected chi connectivity index (χ4v) is 4.04. The summed E-state index contributed by atoms with van der Waals surface area (Å²) in [7, 11) is -3.34. The molecule has 0 aromatic carbocycles. The van der Waals surface area contributed by atoms with Crippen LogP contribution in [0.2, 0.25) is 0 Å². The maximum absolute atomic E-state index is 12.3. The fourth-order valence-electron chi connectivity index (χ4n) is 2.15. The first-order chi connectivity index (χ1) is 9.64. The number of nitrogens with zero attached hydrogens (tertiary/aromatic N) is 2. The molecule has 1 N–H and O–H groups in total. The summed E-state index contributed by atoms with van der Waals surface area (Å²) in [5.74, 6) is 1.83. The van der Waals surface area contributed by atoms with E-state index in [0.29, 0.717) is 13.1 Å². The molecule has 1 aromatic heterocycles. The highest BCUT2D eigenvalue weighted by Gasteiger charge is 2.27. The number of aromatic nitrogens is 1. The molecule has 7 heteroatoms. The molecular formula is C13H21N3O2S2. The Morgan fingerprint density at radius 1 is 1.35 bits per heavy atom. The molecule has 0 amide bonds. The Balaban J connectivity index is 1.97. The van der Waals surface area contributed by atoms with Gasteiger partial charge in [-0.2, -0.15) is 16.1 Å². The summed E-state index contributed by atoms with van der Waals surface area (Å²) < 4.78 is 26.2. The van der Waals surface area contributed by atoms with Crippen molar-refractivity contribution in [1.82, 2.24) is 9.29 Å². The van der Waals surface area contributed by atoms with Crippen LogP contribution >= 0.6 is 11.8 Å². The van der Waals surface area contributed by atoms with E-state index in [0.717, 1.165) is 37.4 Å². The summed E-state index contributed by atoms with van der Waals surface area (Å²) >= 11 is 1.81. The molecule has 1 aromatic rings. The zero-order chi connectivity index (χ0) is 14.4. The lowest BCUT2D eigenvalue weighted by Gasteiger charge is -2.15. The molecule has 0 unspecified atom stereocenters. The topological polar surface area (TPSA) is 62.3 Å². The minimum atomic E-state index is -3.34. The first-order valence-electron chi connectivity index (χ1n) is 6.83. The van der Waals surface area contributed by atoms with Crippen molar-refractivity contribution in [3.63, 3.8) is 0 Å². The van der Waals surface area contributed by atoms with Crippen molar-refractivity contribution in [2.24, 2.45) is 0 Å². The first kappa shape index (κ1) is 15.6. The van der Waals surface area contributed by atoms with Gasteiger partial charge in [0.25, 0.3) is 0 Å². The minimum absolute atomic E-state index is 0.286. The predicted octanol–water partition coefficient (Wildman–Crippen LogP) is 2.03. The number of thioether (sulfide) groups is 1. The Morgan fingerprint density at radius 2 is 2.10 bits per heavy atom. The Hall–Kier alpha value is -0.790. The maximum Gasteiger partial charge on any atom is 0.244 e. The molecule has 1 aliphatic heterocycles. The third kappa shape index (κ3) is 3.86. The van der Waals surface area contributed by atoms with Crippen molar-refractivity contribution in [3.8, 4) is 0 Å². The van der Waals surface area contributed by atoms with Crippen molar-refractivity contribution < 1.29 is 8.42 Å². The van der Waals surface area contributed by atoms with Gasteiger partial charge in [0, 0.05) is 25.8 Å². The van der Waals surface area contributed by atoms with Crippen LogP contribution in [0, 0.1) is 0 Å². The normalized spacial score (nSPS) is 16.4. The third-order valence-corrected chi connectivity index (χ3v) is 5.85. The summed E-state index contributed by atoms with van der Waals surface area (Å²) in [5, 5.41) is 3.19. The predicted molar refractivity (Wildman–Crippen MR) is 83.7 cm³/mol. The highest BCUT2D eigenvalue weighted by atomic mass is 32.2. The number of sulfonamides is 1. The fraction of sp³-hybridized carbons (Fsp3) is 0.615. The highest BCUT2D eigenvalue weighted by molar-refractivity contribution is 7.98. The van der Waals surface area contributed by atoms with Gasteiger partial charge in [-0.15, -0.1) is 0 Å². The lowest BCUT2D eigenvalue weighted by atomic mass is 10.4. The van der Waals surface area contributed by atoms with E-state index in [1.165, 1.54) is 10.5 Å². The Bertz CT molecular complexity index is 511. The quantitative estimate of drug-likeness (QED) is 0.780. The monoisotopic (exact) mass is 315 g/mol. The third-order valence-electron chi connectivity index (χ3n) is 3.27. The van der Waals surface area contributed by atoms with Crippen molar-refractivity contribution in [1.29, 1.82) is 0 Å². The Morgan fingerprint density at radius 3 is 2.70 bits per heavy atom. The zero-order valence-corrected chi connectivity index (χ0v) is 13.3. The van der Waals surface area contributed by atoms with E-state index in [1.54, 1.807) is 12.1 Å². The van der Waals surface area contributed by atoms with Crippen LogP contribution in [0.1, 0.15) is 19.3 Å². The maximum atomic E-state index is 12.3. The average Bonchev–Trinajstić information content (AvgIpc) is 2.99. The molecule has 2 heterocycles. The van der Waals surface area contributed by atoms with E-state index in [4.69, 9.17) is 0 Å². The zero-order valence-electron chi connectivity index (χ0n) is 11.7. The van der Waals surface area contributed by atoms with Crippen molar-refractivity contribution in [3.05, 3.63) is 18.3 Å². The molecule has 0 bridgehead atoms. The van der Waals surface area contributed by atoms with Crippen molar-refractivity contribution in [2.75, 3.05) is 37.0 Å². The molecule has 20 heavy (non-hydrogen) atoms. The smallest absolute Gasteiger partial charge is 0.244 e. The van der Waals surface area contributed by atoms with E-state index in [2.05, 4.69) is 16.6 Å². The summed E-state index contributed by atoms with van der Waals surface area (Å²) in [4.78, 5) is 4.48. The van der Waals surface area contributed by atoms with Crippen molar-refractivity contribution >= 4 is 27.6 Å². The minimum Gasteiger partial charge on any atom is -0.370 e. The van der Waals surface area contributed by atoms with Gasteiger partial charge in [0.05, 0.1) is 0 Å². The molecule has 5 nitrogen and oxygen atoms in total. The molecule has 0 saturated carbocycles. The van der Waals surface area contributed by atoms with Gasteiger partial charge in [0.2, 0.25) is 10.0 Å². The van der Waals surface area contributed by atoms with E-state index in [1.807, 2.05) is 11.8 Å². The van der Waals surface area contributed by atoms with Gasteiger partial charge in [-0.25, -0.2) is 13.4 Å². The molecule has 1 fully saturated rings. The van der Waals surface area contributed by atoms with Crippen LogP contribution < -0.4 is 5.32 Å². The van der Waals surface area contributed by atoms with Gasteiger partial charge in [-0.3, -0.25) is 0 Å². The molecule has 112 valence electrons. The van der Waals surface area contributed by atoms with Gasteiger partial charge in [-0.05, 0) is 43.4 Å². The molecule has 0 aliphatic carbocycles. The van der Waals surface area contributed by atoms with E-state index < -0.39 is 10.0 Å². The van der Waals surface area contributed by atoms with Gasteiger partial charge in [0.1, 0.15) is 10.7 Å². The van der Waals surface area contributed by atoms with Crippen LogP contribution in [0.4, 0.5) is 5.82 Å².